The van der Waals surface area contributed by atoms with E-state index in [-0.39, 0.29) is 33.7 Å². The molecular weight excluding hydrogens is 443 g/mol. The van der Waals surface area contributed by atoms with E-state index in [9.17, 15) is 26.7 Å². The zero-order valence-electron chi connectivity index (χ0n) is 16.5. The lowest BCUT2D eigenvalue weighted by atomic mass is 10.1. The number of rotatable bonds is 7. The van der Waals surface area contributed by atoms with Gasteiger partial charge in [0.15, 0.2) is 5.01 Å². The summed E-state index contributed by atoms with van der Waals surface area (Å²) in [5, 5.41) is 5.10. The van der Waals surface area contributed by atoms with Crippen molar-refractivity contribution in [3.63, 3.8) is 0 Å². The van der Waals surface area contributed by atoms with Gasteiger partial charge >= 0.3 is 6.18 Å². The molecule has 0 aliphatic carbocycles. The minimum absolute atomic E-state index is 0.0169. The van der Waals surface area contributed by atoms with E-state index in [0.29, 0.717) is 26.1 Å². The molecule has 0 saturated carbocycles. The monoisotopic (exact) mass is 464 g/mol. The second-order valence-electron chi connectivity index (χ2n) is 6.99. The van der Waals surface area contributed by atoms with Gasteiger partial charge in [-0.05, 0) is 25.3 Å². The molecule has 31 heavy (non-hydrogen) atoms. The van der Waals surface area contributed by atoms with Crippen LogP contribution in [0, 0.1) is 0 Å². The lowest BCUT2D eigenvalue weighted by Gasteiger charge is -2.22. The lowest BCUT2D eigenvalue weighted by molar-refractivity contribution is -0.142. The highest BCUT2D eigenvalue weighted by Crippen LogP contribution is 2.36. The van der Waals surface area contributed by atoms with Crippen molar-refractivity contribution in [2.24, 2.45) is 0 Å². The van der Waals surface area contributed by atoms with Crippen LogP contribution in [0.1, 0.15) is 48.0 Å². The average molecular weight is 464 g/mol. The largest absolute Gasteiger partial charge is 0.408 e. The molecule has 1 fully saturated rings. The average Bonchev–Trinajstić information content (AvgIpc) is 3.22. The number of carbonyl (C=O) groups is 1. The molecule has 170 valence electrons. The van der Waals surface area contributed by atoms with Gasteiger partial charge in [-0.3, -0.25) is 4.79 Å². The molecule has 1 atom stereocenters. The van der Waals surface area contributed by atoms with Gasteiger partial charge < -0.3 is 15.4 Å². The minimum Gasteiger partial charge on any atom is -0.381 e. The molecule has 0 aromatic carbocycles. The summed E-state index contributed by atoms with van der Waals surface area (Å²) in [7, 11) is 0. The number of carbonyl (C=O) groups excluding carboxylic acids is 1. The van der Waals surface area contributed by atoms with Gasteiger partial charge in [0.1, 0.15) is 11.9 Å². The Morgan fingerprint density at radius 2 is 1.97 bits per heavy atom. The lowest BCUT2D eigenvalue weighted by Crippen LogP contribution is -2.38. The predicted octanol–water partition coefficient (Wildman–Crippen LogP) is 4.80. The van der Waals surface area contributed by atoms with Crippen LogP contribution in [0.25, 0.3) is 10.4 Å². The summed E-state index contributed by atoms with van der Waals surface area (Å²) in [6.07, 6.45) is -4.07. The summed E-state index contributed by atoms with van der Waals surface area (Å²) in [5.74, 6) is -0.714. The molecule has 3 rings (SSSR count). The third-order valence-corrected chi connectivity index (χ3v) is 5.85. The molecular formula is C19H21F5N4O2S. The maximum Gasteiger partial charge on any atom is 0.408 e. The minimum atomic E-state index is -4.54. The van der Waals surface area contributed by atoms with Crippen molar-refractivity contribution in [2.75, 3.05) is 18.5 Å². The van der Waals surface area contributed by atoms with Crippen LogP contribution in [-0.2, 0) is 4.74 Å². The Bertz CT molecular complexity index is 900. The summed E-state index contributed by atoms with van der Waals surface area (Å²) in [4.78, 5) is 20.5. The van der Waals surface area contributed by atoms with Gasteiger partial charge in [-0.1, -0.05) is 6.92 Å². The second kappa shape index (κ2) is 9.86. The molecule has 1 aliphatic heterocycles. The van der Waals surface area contributed by atoms with Gasteiger partial charge in [0.2, 0.25) is 0 Å². The van der Waals surface area contributed by atoms with Gasteiger partial charge in [0.25, 0.3) is 12.3 Å². The first kappa shape index (κ1) is 23.3. The maximum atomic E-state index is 13.6. The molecule has 0 bridgehead atoms. The summed E-state index contributed by atoms with van der Waals surface area (Å²) in [6, 6.07) is -1.05. The highest BCUT2D eigenvalue weighted by atomic mass is 32.1. The summed E-state index contributed by atoms with van der Waals surface area (Å²) >= 11 is 0.915. The van der Waals surface area contributed by atoms with Gasteiger partial charge in [0.05, 0.1) is 4.88 Å². The van der Waals surface area contributed by atoms with Crippen molar-refractivity contribution >= 4 is 23.1 Å². The zero-order chi connectivity index (χ0) is 22.6. The third kappa shape index (κ3) is 5.88. The van der Waals surface area contributed by atoms with E-state index in [4.69, 9.17) is 4.74 Å². The fourth-order valence-electron chi connectivity index (χ4n) is 3.12. The van der Waals surface area contributed by atoms with E-state index in [0.717, 1.165) is 23.6 Å². The zero-order valence-corrected chi connectivity index (χ0v) is 17.3. The molecule has 1 aliphatic rings. The maximum absolute atomic E-state index is 13.6. The molecule has 2 aromatic rings. The number of amides is 1. The van der Waals surface area contributed by atoms with Crippen LogP contribution in [-0.4, -0.2) is 47.3 Å². The van der Waals surface area contributed by atoms with E-state index >= 15 is 0 Å². The first-order chi connectivity index (χ1) is 14.7. The van der Waals surface area contributed by atoms with Crippen LogP contribution in [0.4, 0.5) is 27.8 Å². The highest BCUT2D eigenvalue weighted by molar-refractivity contribution is 7.17. The number of nitrogens with zero attached hydrogens (tertiary/aromatic N) is 2. The smallest absolute Gasteiger partial charge is 0.381 e. The Morgan fingerprint density at radius 1 is 1.26 bits per heavy atom. The number of halogens is 5. The van der Waals surface area contributed by atoms with Gasteiger partial charge in [0, 0.05) is 42.8 Å². The van der Waals surface area contributed by atoms with Gasteiger partial charge in [-0.2, -0.15) is 13.2 Å². The topological polar surface area (TPSA) is 76.1 Å². The third-order valence-electron chi connectivity index (χ3n) is 4.82. The molecule has 3 heterocycles. The van der Waals surface area contributed by atoms with Crippen molar-refractivity contribution in [2.45, 2.75) is 50.9 Å². The van der Waals surface area contributed by atoms with Crippen LogP contribution in [0.5, 0.6) is 0 Å². The first-order valence-corrected chi connectivity index (χ1v) is 10.5. The number of pyridine rings is 1. The van der Waals surface area contributed by atoms with Crippen molar-refractivity contribution in [1.82, 2.24) is 15.3 Å². The van der Waals surface area contributed by atoms with Crippen molar-refractivity contribution < 1.29 is 31.5 Å². The van der Waals surface area contributed by atoms with Crippen molar-refractivity contribution in [3.05, 3.63) is 29.0 Å². The number of thiazole rings is 1. The standard InChI is InChI=1S/C19H21F5N4O2S/c1-2-14(19(22,23)24)28-15-7-11(16(20)21)12(8-25-15)13-9-26-18(31-13)17(29)27-10-3-5-30-6-4-10/h7-10,14,16H,2-6H2,1H3,(H,25,28)(H,27,29)/t14-/m0/s1. The number of alkyl halides is 5. The van der Waals surface area contributed by atoms with Crippen LogP contribution in [0.3, 0.4) is 0 Å². The van der Waals surface area contributed by atoms with Crippen LogP contribution >= 0.6 is 11.3 Å². The molecule has 2 N–H and O–H groups in total. The number of anilines is 1. The molecule has 0 unspecified atom stereocenters. The van der Waals surface area contributed by atoms with Gasteiger partial charge in [-0.25, -0.2) is 18.7 Å². The first-order valence-electron chi connectivity index (χ1n) is 9.65. The van der Waals surface area contributed by atoms with Crippen LogP contribution in [0.2, 0.25) is 0 Å². The van der Waals surface area contributed by atoms with E-state index in [1.165, 1.54) is 13.1 Å². The fourth-order valence-corrected chi connectivity index (χ4v) is 3.97. The molecule has 0 spiro atoms. The molecule has 1 saturated heterocycles. The summed E-state index contributed by atoms with van der Waals surface area (Å²) < 4.78 is 71.4. The molecule has 6 nitrogen and oxygen atoms in total. The quantitative estimate of drug-likeness (QED) is 0.576. The Morgan fingerprint density at radius 3 is 2.58 bits per heavy atom. The van der Waals surface area contributed by atoms with E-state index in [1.807, 2.05) is 0 Å². The number of ether oxygens (including phenoxy) is 1. The molecule has 1 amide bonds. The Labute approximate surface area is 179 Å². The van der Waals surface area contributed by atoms with Gasteiger partial charge in [-0.15, -0.1) is 11.3 Å². The Hall–Kier alpha value is -2.34. The number of hydrogen-bond acceptors (Lipinski definition) is 6. The highest BCUT2D eigenvalue weighted by Gasteiger charge is 2.38. The Kier molecular flexibility index (Phi) is 7.42. The molecule has 2 aromatic heterocycles. The molecule has 0 radical (unpaired) electrons. The number of hydrogen-bond donors (Lipinski definition) is 2. The van der Waals surface area contributed by atoms with Crippen molar-refractivity contribution in [1.29, 1.82) is 0 Å². The fraction of sp³-hybridized carbons (Fsp3) is 0.526. The van der Waals surface area contributed by atoms with Crippen LogP contribution in [0.15, 0.2) is 18.5 Å². The summed E-state index contributed by atoms with van der Waals surface area (Å²) in [6.45, 7) is 2.42. The predicted molar refractivity (Wildman–Crippen MR) is 105 cm³/mol. The number of nitrogens with one attached hydrogen (secondary N) is 2. The van der Waals surface area contributed by atoms with Crippen molar-refractivity contribution in [3.8, 4) is 10.4 Å². The second-order valence-corrected chi connectivity index (χ2v) is 8.02. The Balaban J connectivity index is 1.80. The number of aromatic nitrogens is 2. The van der Waals surface area contributed by atoms with E-state index in [1.54, 1.807) is 0 Å². The van der Waals surface area contributed by atoms with Crippen LogP contribution < -0.4 is 10.6 Å². The SMILES string of the molecule is CC[C@H](Nc1cc(C(F)F)c(-c2cnc(C(=O)NC3CCOCC3)s2)cn1)C(F)(F)F. The molecule has 12 heteroatoms. The normalized spacial score (nSPS) is 16.4. The summed E-state index contributed by atoms with van der Waals surface area (Å²) in [5.41, 5.74) is -0.474. The van der Waals surface area contributed by atoms with E-state index < -0.39 is 30.1 Å². The van der Waals surface area contributed by atoms with E-state index in [2.05, 4.69) is 20.6 Å².